The van der Waals surface area contributed by atoms with Crippen LogP contribution in [0.2, 0.25) is 0 Å². The van der Waals surface area contributed by atoms with Crippen LogP contribution in [0.25, 0.3) is 0 Å². The summed E-state index contributed by atoms with van der Waals surface area (Å²) in [6, 6.07) is 3.85. The third-order valence-corrected chi connectivity index (χ3v) is 4.73. The number of nitrogens with zero attached hydrogens (tertiary/aromatic N) is 2. The van der Waals surface area contributed by atoms with Crippen molar-refractivity contribution in [2.45, 2.75) is 49.9 Å². The fourth-order valence-corrected chi connectivity index (χ4v) is 3.37. The number of hydrogen-bond donors (Lipinski definition) is 1. The van der Waals surface area contributed by atoms with Crippen molar-refractivity contribution in [3.63, 3.8) is 0 Å². The van der Waals surface area contributed by atoms with Crippen molar-refractivity contribution >= 4 is 29.3 Å². The minimum absolute atomic E-state index is 0.0118. The maximum atomic E-state index is 12.5. The summed E-state index contributed by atoms with van der Waals surface area (Å²) in [5.74, 6) is -0.0899. The van der Waals surface area contributed by atoms with Crippen LogP contribution in [0.3, 0.4) is 0 Å². The molecule has 6 heteroatoms. The van der Waals surface area contributed by atoms with E-state index >= 15 is 0 Å². The Morgan fingerprint density at radius 2 is 2.29 bits per heavy atom. The summed E-state index contributed by atoms with van der Waals surface area (Å²) in [6.07, 6.45) is 2.79. The van der Waals surface area contributed by atoms with Crippen LogP contribution in [0, 0.1) is 0 Å². The first-order valence-corrected chi connectivity index (χ1v) is 8.17. The third kappa shape index (κ3) is 3.56. The monoisotopic (exact) mass is 307 g/mol. The van der Waals surface area contributed by atoms with Gasteiger partial charge in [0.1, 0.15) is 5.03 Å². The van der Waals surface area contributed by atoms with Gasteiger partial charge in [0, 0.05) is 25.2 Å². The van der Waals surface area contributed by atoms with E-state index in [-0.39, 0.29) is 24.3 Å². The number of fused-ring (bicyclic) bond motifs is 1. The minimum Gasteiger partial charge on any atom is -0.354 e. The van der Waals surface area contributed by atoms with Gasteiger partial charge >= 0.3 is 0 Å². The molecule has 2 heterocycles. The van der Waals surface area contributed by atoms with Crippen molar-refractivity contribution in [2.24, 2.45) is 0 Å². The van der Waals surface area contributed by atoms with Crippen molar-refractivity contribution in [1.82, 2.24) is 10.3 Å². The zero-order valence-corrected chi connectivity index (χ0v) is 13.4. The summed E-state index contributed by atoms with van der Waals surface area (Å²) in [5.41, 5.74) is 0.841. The van der Waals surface area contributed by atoms with E-state index < -0.39 is 5.25 Å². The van der Waals surface area contributed by atoms with Crippen molar-refractivity contribution in [3.05, 3.63) is 18.3 Å². The smallest absolute Gasteiger partial charge is 0.241 e. The topological polar surface area (TPSA) is 62.3 Å². The Kier molecular flexibility index (Phi) is 5.22. The zero-order chi connectivity index (χ0) is 15.4. The molecule has 0 radical (unpaired) electrons. The van der Waals surface area contributed by atoms with Gasteiger partial charge in [0.15, 0.2) is 0 Å². The van der Waals surface area contributed by atoms with Crippen molar-refractivity contribution < 1.29 is 9.59 Å². The summed E-state index contributed by atoms with van der Waals surface area (Å²) in [6.45, 7) is 6.50. The predicted molar refractivity (Wildman–Crippen MR) is 84.4 cm³/mol. The maximum absolute atomic E-state index is 12.5. The molecule has 21 heavy (non-hydrogen) atoms. The van der Waals surface area contributed by atoms with Crippen LogP contribution in [-0.4, -0.2) is 34.6 Å². The molecule has 1 aromatic heterocycles. The Morgan fingerprint density at radius 3 is 2.95 bits per heavy atom. The summed E-state index contributed by atoms with van der Waals surface area (Å²) >= 11 is 1.38. The van der Waals surface area contributed by atoms with Gasteiger partial charge in [-0.15, -0.1) is 0 Å². The SMILES string of the molecule is CC[C@@H](C)NC(=O)C[C@H]1Sc2ncccc2N(CC)C1=O. The molecule has 5 nitrogen and oxygen atoms in total. The van der Waals surface area contributed by atoms with Gasteiger partial charge in [-0.2, -0.15) is 0 Å². The first-order chi connectivity index (χ1) is 10.1. The molecule has 2 amide bonds. The van der Waals surface area contributed by atoms with Gasteiger partial charge in [0.05, 0.1) is 10.9 Å². The lowest BCUT2D eigenvalue weighted by Gasteiger charge is -2.32. The van der Waals surface area contributed by atoms with Crippen LogP contribution in [0.4, 0.5) is 5.69 Å². The number of carbonyl (C=O) groups is 2. The van der Waals surface area contributed by atoms with Crippen molar-refractivity contribution in [3.8, 4) is 0 Å². The predicted octanol–water partition coefficient (Wildman–Crippen LogP) is 2.21. The molecule has 0 aromatic carbocycles. The fraction of sp³-hybridized carbons (Fsp3) is 0.533. The van der Waals surface area contributed by atoms with Crippen LogP contribution in [0.1, 0.15) is 33.6 Å². The van der Waals surface area contributed by atoms with Crippen LogP contribution in [0.15, 0.2) is 23.4 Å². The average molecular weight is 307 g/mol. The number of hydrogen-bond acceptors (Lipinski definition) is 4. The van der Waals surface area contributed by atoms with E-state index in [2.05, 4.69) is 10.3 Å². The van der Waals surface area contributed by atoms with Crippen LogP contribution in [0.5, 0.6) is 0 Å². The Bertz CT molecular complexity index is 535. The highest BCUT2D eigenvalue weighted by Gasteiger charge is 2.34. The Balaban J connectivity index is 2.12. The number of anilines is 1. The number of nitrogens with one attached hydrogen (secondary N) is 1. The molecule has 0 fully saturated rings. The molecule has 1 aromatic rings. The fourth-order valence-electron chi connectivity index (χ4n) is 2.22. The van der Waals surface area contributed by atoms with E-state index in [1.54, 1.807) is 11.1 Å². The Morgan fingerprint density at radius 1 is 1.52 bits per heavy atom. The highest BCUT2D eigenvalue weighted by atomic mass is 32.2. The normalized spacial score (nSPS) is 19.1. The second-order valence-corrected chi connectivity index (χ2v) is 6.29. The molecule has 2 rings (SSSR count). The molecule has 1 aliphatic rings. The number of thioether (sulfide) groups is 1. The largest absolute Gasteiger partial charge is 0.354 e. The van der Waals surface area contributed by atoms with Gasteiger partial charge in [-0.3, -0.25) is 9.59 Å². The summed E-state index contributed by atoms with van der Waals surface area (Å²) in [4.78, 5) is 30.6. The van der Waals surface area contributed by atoms with Gasteiger partial charge < -0.3 is 10.2 Å². The molecular formula is C15H21N3O2S. The van der Waals surface area contributed by atoms with Crippen LogP contribution in [-0.2, 0) is 9.59 Å². The van der Waals surface area contributed by atoms with E-state index in [0.717, 1.165) is 17.1 Å². The molecule has 2 atom stereocenters. The van der Waals surface area contributed by atoms with Crippen molar-refractivity contribution in [2.75, 3.05) is 11.4 Å². The molecule has 0 saturated carbocycles. The number of amides is 2. The Hall–Kier alpha value is -1.56. The molecule has 0 aliphatic carbocycles. The quantitative estimate of drug-likeness (QED) is 0.906. The standard InChI is InChI=1S/C15H21N3O2S/c1-4-10(3)17-13(19)9-12-15(20)18(5-2)11-7-6-8-16-14(11)21-12/h6-8,10,12H,4-5,9H2,1-3H3,(H,17,19)/t10-,12-/m1/s1. The minimum atomic E-state index is -0.392. The van der Waals surface area contributed by atoms with E-state index in [9.17, 15) is 9.59 Å². The van der Waals surface area contributed by atoms with E-state index in [0.29, 0.717) is 6.54 Å². The number of aromatic nitrogens is 1. The number of pyridine rings is 1. The summed E-state index contributed by atoms with van der Waals surface area (Å²) in [7, 11) is 0. The van der Waals surface area contributed by atoms with E-state index in [1.165, 1.54) is 11.8 Å². The molecule has 0 bridgehead atoms. The highest BCUT2D eigenvalue weighted by Crippen LogP contribution is 2.38. The molecular weight excluding hydrogens is 286 g/mol. The van der Waals surface area contributed by atoms with Gasteiger partial charge in [-0.25, -0.2) is 4.98 Å². The summed E-state index contributed by atoms with van der Waals surface area (Å²) in [5, 5.41) is 3.34. The molecule has 1 aliphatic heterocycles. The molecule has 1 N–H and O–H groups in total. The molecule has 0 saturated heterocycles. The second-order valence-electron chi connectivity index (χ2n) is 5.10. The van der Waals surface area contributed by atoms with E-state index in [4.69, 9.17) is 0 Å². The zero-order valence-electron chi connectivity index (χ0n) is 12.6. The first-order valence-electron chi connectivity index (χ1n) is 7.29. The van der Waals surface area contributed by atoms with E-state index in [1.807, 2.05) is 32.9 Å². The maximum Gasteiger partial charge on any atom is 0.241 e. The molecule has 0 unspecified atom stereocenters. The van der Waals surface area contributed by atoms with Crippen molar-refractivity contribution in [1.29, 1.82) is 0 Å². The van der Waals surface area contributed by atoms with Crippen LogP contribution >= 0.6 is 11.8 Å². The Labute approximate surface area is 129 Å². The lowest BCUT2D eigenvalue weighted by molar-refractivity contribution is -0.125. The first kappa shape index (κ1) is 15.8. The molecule has 0 spiro atoms. The van der Waals surface area contributed by atoms with Gasteiger partial charge in [-0.05, 0) is 32.4 Å². The number of rotatable bonds is 5. The molecule has 114 valence electrons. The summed E-state index contributed by atoms with van der Waals surface area (Å²) < 4.78 is 0. The van der Waals surface area contributed by atoms with Gasteiger partial charge in [0.25, 0.3) is 0 Å². The average Bonchev–Trinajstić information content (AvgIpc) is 2.48. The highest BCUT2D eigenvalue weighted by molar-refractivity contribution is 8.00. The lowest BCUT2D eigenvalue weighted by atomic mass is 10.2. The third-order valence-electron chi connectivity index (χ3n) is 3.54. The lowest BCUT2D eigenvalue weighted by Crippen LogP contribution is -2.44. The van der Waals surface area contributed by atoms with Crippen LogP contribution < -0.4 is 10.2 Å². The number of carbonyl (C=O) groups excluding carboxylic acids is 2. The van der Waals surface area contributed by atoms with Gasteiger partial charge in [0.2, 0.25) is 11.8 Å². The second kappa shape index (κ2) is 6.93. The van der Waals surface area contributed by atoms with Gasteiger partial charge in [-0.1, -0.05) is 18.7 Å².